The molecule has 0 bridgehead atoms. The predicted molar refractivity (Wildman–Crippen MR) is 120 cm³/mol. The molecular weight excluding hydrogens is 412 g/mol. The van der Waals surface area contributed by atoms with Crippen LogP contribution in [0.1, 0.15) is 22.3 Å². The molecule has 0 saturated heterocycles. The normalized spacial score (nSPS) is 10.7. The zero-order valence-electron chi connectivity index (χ0n) is 18.4. The Labute approximate surface area is 187 Å². The van der Waals surface area contributed by atoms with Crippen molar-refractivity contribution in [3.05, 3.63) is 64.7 Å². The van der Waals surface area contributed by atoms with Crippen molar-refractivity contribution in [3.63, 3.8) is 0 Å². The van der Waals surface area contributed by atoms with Crippen LogP contribution in [0.3, 0.4) is 0 Å². The van der Waals surface area contributed by atoms with Gasteiger partial charge in [-0.2, -0.15) is 0 Å². The Morgan fingerprint density at radius 1 is 0.500 bits per heavy atom. The molecule has 0 unspecified atom stereocenters. The first-order valence-electron chi connectivity index (χ1n) is 10.2. The fourth-order valence-electron chi connectivity index (χ4n) is 3.81. The molecule has 4 N–H and O–H groups in total. The molecule has 0 radical (unpaired) electrons. The summed E-state index contributed by atoms with van der Waals surface area (Å²) in [6.07, 6.45) is 2.16. The lowest BCUT2D eigenvalue weighted by atomic mass is 9.96. The number of ether oxygens (including phenoxy) is 3. The summed E-state index contributed by atoms with van der Waals surface area (Å²) in [4.78, 5) is 0. The number of aryl methyl sites for hydroxylation is 4. The molecule has 3 aromatic carbocycles. The number of methoxy groups -OCH3 is 3. The average Bonchev–Trinajstić information content (AvgIpc) is 2.77. The summed E-state index contributed by atoms with van der Waals surface area (Å²) in [5.41, 5.74) is 3.16. The molecule has 7 nitrogen and oxygen atoms in total. The maximum absolute atomic E-state index is 10.1. The van der Waals surface area contributed by atoms with E-state index in [-0.39, 0.29) is 23.0 Å². The maximum atomic E-state index is 10.1. The third kappa shape index (κ3) is 4.94. The van der Waals surface area contributed by atoms with Gasteiger partial charge < -0.3 is 34.6 Å². The van der Waals surface area contributed by atoms with Crippen molar-refractivity contribution in [1.82, 2.24) is 0 Å². The lowest BCUT2D eigenvalue weighted by Crippen LogP contribution is -2.05. The lowest BCUT2D eigenvalue weighted by molar-refractivity contribution is 0.320. The van der Waals surface area contributed by atoms with E-state index in [0.717, 1.165) is 11.1 Å². The lowest BCUT2D eigenvalue weighted by Gasteiger charge is -2.20. The van der Waals surface area contributed by atoms with E-state index >= 15 is 0 Å². The van der Waals surface area contributed by atoms with Crippen LogP contribution >= 0.6 is 0 Å². The molecule has 0 fully saturated rings. The highest BCUT2D eigenvalue weighted by molar-refractivity contribution is 5.60. The number of hydrogen-bond acceptors (Lipinski definition) is 7. The molecule has 32 heavy (non-hydrogen) atoms. The first-order valence-corrected chi connectivity index (χ1v) is 10.2. The summed E-state index contributed by atoms with van der Waals surface area (Å²) >= 11 is 0. The van der Waals surface area contributed by atoms with Crippen LogP contribution in [-0.2, 0) is 25.7 Å². The van der Waals surface area contributed by atoms with Gasteiger partial charge in [-0.1, -0.05) is 12.1 Å². The standard InChI is InChI=1S/C25H28O7/c1-30-23-17(6-4-15-8-10-19(26)13-21(15)28)12-18(24(31-2)25(23)32-3)7-5-16-9-11-20(27)14-22(16)29/h8-14,26-29H,4-7H2,1-3H3. The van der Waals surface area contributed by atoms with Crippen LogP contribution in [0.4, 0.5) is 0 Å². The van der Waals surface area contributed by atoms with E-state index in [4.69, 9.17) is 14.2 Å². The monoisotopic (exact) mass is 440 g/mol. The molecule has 0 amide bonds. The Balaban J connectivity index is 1.93. The smallest absolute Gasteiger partial charge is 0.203 e. The average molecular weight is 440 g/mol. The first-order chi connectivity index (χ1) is 15.4. The van der Waals surface area contributed by atoms with Crippen LogP contribution in [0.2, 0.25) is 0 Å². The fraction of sp³-hybridized carbons (Fsp3) is 0.280. The van der Waals surface area contributed by atoms with Gasteiger partial charge in [-0.05, 0) is 66.1 Å². The molecule has 3 rings (SSSR count). The van der Waals surface area contributed by atoms with Crippen molar-refractivity contribution >= 4 is 0 Å². The SMILES string of the molecule is COc1c(CCc2ccc(O)cc2O)cc(CCc2ccc(O)cc2O)c(OC)c1OC. The third-order valence-electron chi connectivity index (χ3n) is 5.42. The van der Waals surface area contributed by atoms with E-state index in [0.29, 0.717) is 54.1 Å². The molecule has 7 heteroatoms. The van der Waals surface area contributed by atoms with Gasteiger partial charge in [0.15, 0.2) is 11.5 Å². The predicted octanol–water partition coefficient (Wildman–Crippen LogP) is 4.11. The highest BCUT2D eigenvalue weighted by Gasteiger charge is 2.21. The van der Waals surface area contributed by atoms with Gasteiger partial charge in [0, 0.05) is 12.1 Å². The van der Waals surface area contributed by atoms with Crippen molar-refractivity contribution in [2.45, 2.75) is 25.7 Å². The molecule has 0 heterocycles. The van der Waals surface area contributed by atoms with E-state index in [1.807, 2.05) is 6.07 Å². The molecule has 0 spiro atoms. The van der Waals surface area contributed by atoms with Gasteiger partial charge >= 0.3 is 0 Å². The van der Waals surface area contributed by atoms with Gasteiger partial charge in [0.1, 0.15) is 23.0 Å². The Bertz CT molecular complexity index is 1010. The second-order valence-electron chi connectivity index (χ2n) is 7.42. The summed E-state index contributed by atoms with van der Waals surface area (Å²) in [5, 5.41) is 39.2. The summed E-state index contributed by atoms with van der Waals surface area (Å²) in [7, 11) is 4.67. The number of phenols is 4. The second-order valence-corrected chi connectivity index (χ2v) is 7.42. The van der Waals surface area contributed by atoms with Crippen LogP contribution in [0.15, 0.2) is 42.5 Å². The molecular formula is C25H28O7. The van der Waals surface area contributed by atoms with Gasteiger partial charge in [-0.25, -0.2) is 0 Å². The summed E-state index contributed by atoms with van der Waals surface area (Å²) in [6.45, 7) is 0. The number of benzene rings is 3. The minimum absolute atomic E-state index is 0.00900. The molecule has 0 aromatic heterocycles. The van der Waals surface area contributed by atoms with Crippen LogP contribution in [0, 0.1) is 0 Å². The topological polar surface area (TPSA) is 109 Å². The largest absolute Gasteiger partial charge is 0.508 e. The van der Waals surface area contributed by atoms with E-state index in [1.165, 1.54) is 24.3 Å². The Kier molecular flexibility index (Phi) is 7.20. The summed E-state index contributed by atoms with van der Waals surface area (Å²) in [5.74, 6) is 1.68. The van der Waals surface area contributed by atoms with Crippen LogP contribution in [-0.4, -0.2) is 41.8 Å². The highest BCUT2D eigenvalue weighted by atomic mass is 16.5. The maximum Gasteiger partial charge on any atom is 0.203 e. The van der Waals surface area contributed by atoms with E-state index < -0.39 is 0 Å². The quantitative estimate of drug-likeness (QED) is 0.397. The van der Waals surface area contributed by atoms with Gasteiger partial charge in [0.2, 0.25) is 5.75 Å². The van der Waals surface area contributed by atoms with Crippen LogP contribution in [0.5, 0.6) is 40.2 Å². The zero-order valence-corrected chi connectivity index (χ0v) is 18.4. The summed E-state index contributed by atoms with van der Waals surface area (Å²) < 4.78 is 16.9. The molecule has 0 aliphatic rings. The second kappa shape index (κ2) is 10.0. The third-order valence-corrected chi connectivity index (χ3v) is 5.42. The van der Waals surface area contributed by atoms with Crippen molar-refractivity contribution in [3.8, 4) is 40.2 Å². The Morgan fingerprint density at radius 2 is 0.875 bits per heavy atom. The molecule has 0 saturated carbocycles. The van der Waals surface area contributed by atoms with Crippen molar-refractivity contribution < 1.29 is 34.6 Å². The number of hydrogen-bond donors (Lipinski definition) is 4. The van der Waals surface area contributed by atoms with Crippen molar-refractivity contribution in [2.75, 3.05) is 21.3 Å². The van der Waals surface area contributed by atoms with Crippen LogP contribution in [0.25, 0.3) is 0 Å². The summed E-state index contributed by atoms with van der Waals surface area (Å²) in [6, 6.07) is 11.1. The zero-order chi connectivity index (χ0) is 23.3. The number of phenolic OH excluding ortho intramolecular Hbond substituents is 4. The van der Waals surface area contributed by atoms with E-state index in [1.54, 1.807) is 33.5 Å². The van der Waals surface area contributed by atoms with Gasteiger partial charge in [0.25, 0.3) is 0 Å². The Hall–Kier alpha value is -3.74. The highest BCUT2D eigenvalue weighted by Crippen LogP contribution is 2.44. The molecule has 170 valence electrons. The molecule has 0 aliphatic heterocycles. The minimum Gasteiger partial charge on any atom is -0.508 e. The first kappa shape index (κ1) is 22.9. The number of rotatable bonds is 9. The minimum atomic E-state index is 0.00900. The van der Waals surface area contributed by atoms with Gasteiger partial charge in [0.05, 0.1) is 21.3 Å². The number of aromatic hydroxyl groups is 4. The molecule has 0 atom stereocenters. The Morgan fingerprint density at radius 3 is 1.22 bits per heavy atom. The van der Waals surface area contributed by atoms with E-state index in [2.05, 4.69) is 0 Å². The van der Waals surface area contributed by atoms with Gasteiger partial charge in [-0.3, -0.25) is 0 Å². The molecule has 0 aliphatic carbocycles. The van der Waals surface area contributed by atoms with Crippen molar-refractivity contribution in [1.29, 1.82) is 0 Å². The van der Waals surface area contributed by atoms with Gasteiger partial charge in [-0.15, -0.1) is 0 Å². The molecule has 3 aromatic rings. The van der Waals surface area contributed by atoms with E-state index in [9.17, 15) is 20.4 Å². The fourth-order valence-corrected chi connectivity index (χ4v) is 3.81. The van der Waals surface area contributed by atoms with Crippen molar-refractivity contribution in [2.24, 2.45) is 0 Å². The van der Waals surface area contributed by atoms with Crippen LogP contribution < -0.4 is 14.2 Å².